The molecule has 84 valence electrons. The fourth-order valence-corrected chi connectivity index (χ4v) is 1.93. The molecule has 0 atom stereocenters. The number of ether oxygens (including phenoxy) is 1. The van der Waals surface area contributed by atoms with Crippen molar-refractivity contribution < 1.29 is 14.5 Å². The molecule has 1 aromatic carbocycles. The molecule has 0 N–H and O–H groups in total. The Labute approximate surface area is 100 Å². The maximum Gasteiger partial charge on any atom is 0.320 e. The molecule has 1 aliphatic rings. The van der Waals surface area contributed by atoms with E-state index >= 15 is 0 Å². The van der Waals surface area contributed by atoms with E-state index in [0.29, 0.717) is 0 Å². The van der Waals surface area contributed by atoms with Crippen LogP contribution >= 0.6 is 23.2 Å². The smallest absolute Gasteiger partial charge is 0.320 e. The highest BCUT2D eigenvalue weighted by atomic mass is 35.5. The summed E-state index contributed by atoms with van der Waals surface area (Å²) in [5, 5.41) is 11.0. The number of ketones is 1. The summed E-state index contributed by atoms with van der Waals surface area (Å²) >= 11 is 11.7. The van der Waals surface area contributed by atoms with Crippen molar-refractivity contribution in [3.05, 3.63) is 25.7 Å². The van der Waals surface area contributed by atoms with E-state index in [1.165, 1.54) is 6.92 Å². The maximum absolute atomic E-state index is 11.0. The van der Waals surface area contributed by atoms with Gasteiger partial charge >= 0.3 is 5.69 Å². The van der Waals surface area contributed by atoms with Crippen molar-refractivity contribution in [2.45, 2.75) is 13.3 Å². The third-order valence-electron chi connectivity index (χ3n) is 2.13. The lowest BCUT2D eigenvalue weighted by atomic mass is 10.1. The summed E-state index contributed by atoms with van der Waals surface area (Å²) in [5.41, 5.74) is -0.153. The van der Waals surface area contributed by atoms with Gasteiger partial charge in [-0.1, -0.05) is 23.2 Å². The fraction of sp³-hybridized carbons (Fsp3) is 0.222. The van der Waals surface area contributed by atoms with Crippen LogP contribution in [-0.2, 0) is 11.2 Å². The first-order valence-electron chi connectivity index (χ1n) is 4.29. The van der Waals surface area contributed by atoms with Crippen molar-refractivity contribution in [2.75, 3.05) is 0 Å². The SMILES string of the molecule is CC(=O)Cc1c(Cl)c(Cl)c2c(c1[N+](=O)[O-])O2. The standard InChI is InChI=1S/C9H5Cl2NO4/c1-3(13)2-4-5(10)6(11)8-9(16-8)7(4)12(14)15/h2H2,1H3. The van der Waals surface area contributed by atoms with Crippen molar-refractivity contribution in [1.82, 2.24) is 0 Å². The molecule has 5 nitrogen and oxygen atoms in total. The molecule has 0 aliphatic carbocycles. The molecule has 16 heavy (non-hydrogen) atoms. The average Bonchev–Trinajstić information content (AvgIpc) is 2.92. The Balaban J connectivity index is 2.65. The number of nitrogens with zero attached hydrogens (tertiary/aromatic N) is 1. The minimum Gasteiger partial charge on any atom is -0.440 e. The molecule has 0 spiro atoms. The van der Waals surface area contributed by atoms with Gasteiger partial charge in [0.2, 0.25) is 5.75 Å². The number of rotatable bonds is 3. The van der Waals surface area contributed by atoms with Crippen LogP contribution in [0.5, 0.6) is 11.5 Å². The first-order valence-corrected chi connectivity index (χ1v) is 5.04. The highest BCUT2D eigenvalue weighted by molar-refractivity contribution is 6.44. The molecule has 1 heterocycles. The molecule has 0 aromatic heterocycles. The monoisotopic (exact) mass is 261 g/mol. The van der Waals surface area contributed by atoms with Crippen LogP contribution < -0.4 is 4.74 Å². The Morgan fingerprint density at radius 3 is 2.50 bits per heavy atom. The van der Waals surface area contributed by atoms with Crippen LogP contribution in [0.25, 0.3) is 0 Å². The number of hydrogen-bond acceptors (Lipinski definition) is 4. The normalized spacial score (nSPS) is 11.7. The van der Waals surface area contributed by atoms with E-state index < -0.39 is 4.92 Å². The summed E-state index contributed by atoms with van der Waals surface area (Å²) < 4.78 is 4.89. The van der Waals surface area contributed by atoms with E-state index in [9.17, 15) is 14.9 Å². The predicted molar refractivity (Wildman–Crippen MR) is 57.6 cm³/mol. The Morgan fingerprint density at radius 1 is 1.38 bits per heavy atom. The number of fused-ring (bicyclic) bond motifs is 1. The summed E-state index contributed by atoms with van der Waals surface area (Å²) in [6.45, 7) is 1.32. The van der Waals surface area contributed by atoms with Crippen LogP contribution in [0.2, 0.25) is 10.0 Å². The van der Waals surface area contributed by atoms with Crippen LogP contribution in [0.1, 0.15) is 12.5 Å². The number of Topliss-reactive ketones (excluding diaryl/α,β-unsaturated/α-hetero) is 1. The van der Waals surface area contributed by atoms with Gasteiger partial charge < -0.3 is 4.74 Å². The number of nitro benzene ring substituents is 1. The number of carbonyl (C=O) groups is 1. The first kappa shape index (κ1) is 11.2. The molecule has 1 aliphatic heterocycles. The van der Waals surface area contributed by atoms with Crippen LogP contribution in [0.4, 0.5) is 5.69 Å². The minimum absolute atomic E-state index is 0.0137. The molecule has 0 radical (unpaired) electrons. The van der Waals surface area contributed by atoms with Gasteiger partial charge in [0.05, 0.1) is 15.5 Å². The summed E-state index contributed by atoms with van der Waals surface area (Å²) in [7, 11) is 0. The molecule has 0 amide bonds. The second-order valence-electron chi connectivity index (χ2n) is 3.35. The van der Waals surface area contributed by atoms with Gasteiger partial charge in [0.25, 0.3) is 0 Å². The third-order valence-corrected chi connectivity index (χ3v) is 3.01. The Morgan fingerprint density at radius 2 is 2.00 bits per heavy atom. The van der Waals surface area contributed by atoms with E-state index in [4.69, 9.17) is 27.9 Å². The van der Waals surface area contributed by atoms with Gasteiger partial charge in [0.15, 0.2) is 5.75 Å². The molecule has 0 unspecified atom stereocenters. The van der Waals surface area contributed by atoms with Gasteiger partial charge in [-0.2, -0.15) is 0 Å². The van der Waals surface area contributed by atoms with Crippen LogP contribution in [0.3, 0.4) is 0 Å². The zero-order valence-corrected chi connectivity index (χ0v) is 9.56. The summed E-state index contributed by atoms with van der Waals surface area (Å²) in [5.74, 6) is 0.1000. The third kappa shape index (κ3) is 1.62. The summed E-state index contributed by atoms with van der Waals surface area (Å²) in [6, 6.07) is 0. The van der Waals surface area contributed by atoms with Gasteiger partial charge in [-0.05, 0) is 6.92 Å². The number of benzene rings is 1. The largest absolute Gasteiger partial charge is 0.440 e. The molecule has 7 heteroatoms. The molecule has 0 saturated carbocycles. The Kier molecular flexibility index (Phi) is 2.52. The Hall–Kier alpha value is -1.33. The molecule has 0 fully saturated rings. The zero-order chi connectivity index (χ0) is 12.0. The lowest BCUT2D eigenvalue weighted by Gasteiger charge is -2.01. The van der Waals surface area contributed by atoms with Gasteiger partial charge in [-0.15, -0.1) is 0 Å². The van der Waals surface area contributed by atoms with E-state index in [0.717, 1.165) is 0 Å². The van der Waals surface area contributed by atoms with Gasteiger partial charge in [0, 0.05) is 6.42 Å². The zero-order valence-electron chi connectivity index (χ0n) is 8.04. The molecular formula is C9H5Cl2NO4. The summed E-state index contributed by atoms with van der Waals surface area (Å²) in [4.78, 5) is 21.2. The number of halogens is 2. The molecular weight excluding hydrogens is 257 g/mol. The molecule has 0 bridgehead atoms. The first-order chi connectivity index (χ1) is 7.43. The van der Waals surface area contributed by atoms with E-state index in [1.54, 1.807) is 0 Å². The highest BCUT2D eigenvalue weighted by Gasteiger charge is 2.41. The fourth-order valence-electron chi connectivity index (χ4n) is 1.45. The lowest BCUT2D eigenvalue weighted by molar-refractivity contribution is -0.385. The topological polar surface area (TPSA) is 72.7 Å². The number of nitro groups is 1. The second kappa shape index (κ2) is 3.61. The van der Waals surface area contributed by atoms with Gasteiger partial charge in [-0.25, -0.2) is 0 Å². The van der Waals surface area contributed by atoms with Crippen molar-refractivity contribution in [3.63, 3.8) is 0 Å². The van der Waals surface area contributed by atoms with Crippen LogP contribution in [-0.4, -0.2) is 10.7 Å². The van der Waals surface area contributed by atoms with Crippen molar-refractivity contribution in [2.24, 2.45) is 0 Å². The lowest BCUT2D eigenvalue weighted by Crippen LogP contribution is -2.01. The number of carbonyl (C=O) groups excluding carboxylic acids is 1. The second-order valence-corrected chi connectivity index (χ2v) is 4.11. The van der Waals surface area contributed by atoms with E-state index in [-0.39, 0.29) is 45.0 Å². The molecule has 2 rings (SSSR count). The van der Waals surface area contributed by atoms with Crippen molar-refractivity contribution >= 4 is 34.7 Å². The van der Waals surface area contributed by atoms with Crippen LogP contribution in [0, 0.1) is 10.1 Å². The summed E-state index contributed by atoms with van der Waals surface area (Å²) in [6.07, 6.45) is -0.133. The maximum atomic E-state index is 11.0. The van der Waals surface area contributed by atoms with Crippen molar-refractivity contribution in [1.29, 1.82) is 0 Å². The van der Waals surface area contributed by atoms with Gasteiger partial charge in [0.1, 0.15) is 10.8 Å². The molecule has 1 aromatic rings. The van der Waals surface area contributed by atoms with Crippen molar-refractivity contribution in [3.8, 4) is 11.5 Å². The average molecular weight is 262 g/mol. The van der Waals surface area contributed by atoms with E-state index in [2.05, 4.69) is 0 Å². The quantitative estimate of drug-likeness (QED) is 0.483. The highest BCUT2D eigenvalue weighted by Crippen LogP contribution is 2.60. The molecule has 0 saturated heterocycles. The van der Waals surface area contributed by atoms with Crippen LogP contribution in [0.15, 0.2) is 0 Å². The predicted octanol–water partition coefficient (Wildman–Crippen LogP) is 3.14. The Bertz CT molecular complexity index is 527. The van der Waals surface area contributed by atoms with Gasteiger partial charge in [-0.3, -0.25) is 14.9 Å². The minimum atomic E-state index is -0.619. The van der Waals surface area contributed by atoms with E-state index in [1.807, 2.05) is 0 Å². The number of hydrogen-bond donors (Lipinski definition) is 0.